The Balaban J connectivity index is 1.05. The molecule has 4 heterocycles. The van der Waals surface area contributed by atoms with Crippen molar-refractivity contribution in [1.82, 2.24) is 4.90 Å². The van der Waals surface area contributed by atoms with Gasteiger partial charge in [-0.15, -0.1) is 0 Å². The molecule has 0 radical (unpaired) electrons. The van der Waals surface area contributed by atoms with Gasteiger partial charge in [-0.05, 0) is 90.9 Å². The van der Waals surface area contributed by atoms with Gasteiger partial charge in [-0.2, -0.15) is 0 Å². The van der Waals surface area contributed by atoms with E-state index in [9.17, 15) is 19.5 Å². The van der Waals surface area contributed by atoms with Crippen molar-refractivity contribution in [3.05, 3.63) is 245 Å². The van der Waals surface area contributed by atoms with Crippen LogP contribution in [0.25, 0.3) is 0 Å². The number of rotatable bonds is 36. The van der Waals surface area contributed by atoms with E-state index in [0.29, 0.717) is 30.6 Å². The summed E-state index contributed by atoms with van der Waals surface area (Å²) in [6.45, 7) is 1.98. The highest BCUT2D eigenvalue weighted by Gasteiger charge is 2.60. The van der Waals surface area contributed by atoms with E-state index in [-0.39, 0.29) is 87.5 Å². The van der Waals surface area contributed by atoms with Crippen LogP contribution in [0, 0.1) is 0 Å². The molecule has 0 spiro atoms. The maximum atomic E-state index is 15.2. The molecule has 2 amide bonds. The van der Waals surface area contributed by atoms with Crippen LogP contribution in [0.5, 0.6) is 5.75 Å². The van der Waals surface area contributed by atoms with Crippen molar-refractivity contribution in [3.63, 3.8) is 0 Å². The van der Waals surface area contributed by atoms with E-state index in [1.165, 1.54) is 26.2 Å². The van der Waals surface area contributed by atoms with Gasteiger partial charge in [0.25, 0.3) is 11.8 Å². The molecule has 7 aromatic carbocycles. The van der Waals surface area contributed by atoms with Gasteiger partial charge in [-0.3, -0.25) is 24.1 Å². The van der Waals surface area contributed by atoms with Crippen molar-refractivity contribution in [3.8, 4) is 5.75 Å². The molecule has 4 aliphatic heterocycles. The van der Waals surface area contributed by atoms with E-state index in [2.05, 4.69) is 0 Å². The van der Waals surface area contributed by atoms with Gasteiger partial charge in [0.2, 0.25) is 0 Å². The van der Waals surface area contributed by atoms with Gasteiger partial charge in [-0.25, -0.2) is 4.79 Å². The number of fused-ring (bicyclic) bond motifs is 1. The van der Waals surface area contributed by atoms with E-state index >= 15 is 14.4 Å². The molecule has 3 fully saturated rings. The van der Waals surface area contributed by atoms with E-state index in [1.807, 2.05) is 133 Å². The molecule has 3 saturated heterocycles. The van der Waals surface area contributed by atoms with Crippen molar-refractivity contribution < 1.29 is 105 Å². The van der Waals surface area contributed by atoms with Crippen LogP contribution in [0.15, 0.2) is 200 Å². The van der Waals surface area contributed by atoms with E-state index in [0.717, 1.165) is 27.2 Å². The molecule has 23 heteroatoms. The number of carbonyl (C=O) groups is 6. The predicted octanol–water partition coefficient (Wildman–Crippen LogP) is 10.4. The number of unbranched alkanes of at least 4 members (excludes halogenated alkanes) is 2. The van der Waals surface area contributed by atoms with Crippen molar-refractivity contribution in [2.45, 2.75) is 177 Å². The molecule has 0 unspecified atom stereocenters. The molecule has 0 bridgehead atoms. The van der Waals surface area contributed by atoms with Gasteiger partial charge in [0.05, 0.1) is 89.7 Å². The fourth-order valence-electron chi connectivity index (χ4n) is 13.0. The fraction of sp³-hybridized carbons (Fsp3) is 0.407. The molecular weight excluding hydrogens is 1340 g/mol. The number of carbonyl (C=O) groups excluding carboxylic acids is 6. The highest BCUT2D eigenvalue weighted by Crippen LogP contribution is 2.41. The number of imide groups is 1. The van der Waals surface area contributed by atoms with Crippen LogP contribution >= 0.6 is 0 Å². The first-order chi connectivity index (χ1) is 50.8. The van der Waals surface area contributed by atoms with Gasteiger partial charge in [0, 0.05) is 19.4 Å². The fourth-order valence-corrected chi connectivity index (χ4v) is 13.0. The second kappa shape index (κ2) is 38.2. The topological polar surface area (TPSA) is 264 Å². The lowest BCUT2D eigenvalue weighted by molar-refractivity contribution is -0.382. The number of benzene rings is 7. The van der Waals surface area contributed by atoms with Crippen LogP contribution in [0.3, 0.4) is 0 Å². The Morgan fingerprint density at radius 3 is 1.49 bits per heavy atom. The third-order valence-electron chi connectivity index (χ3n) is 18.4. The monoisotopic (exact) mass is 1430 g/mol. The number of aliphatic hydroxyl groups excluding tert-OH is 1. The molecule has 0 aliphatic carbocycles. The Hall–Kier alpha value is -8.92. The third kappa shape index (κ3) is 20.1. The van der Waals surface area contributed by atoms with E-state index < -0.39 is 129 Å². The number of Topliss-reactive ketones (excluding diaryl/α,β-unsaturated/α-hetero) is 1. The number of aliphatic hydroxyl groups is 1. The summed E-state index contributed by atoms with van der Waals surface area (Å²) in [6.07, 6.45) is -19.2. The quantitative estimate of drug-likeness (QED) is 0.0166. The summed E-state index contributed by atoms with van der Waals surface area (Å²) in [5, 5.41) is 11.8. The maximum Gasteiger partial charge on any atom is 0.338 e. The summed E-state index contributed by atoms with van der Waals surface area (Å²) in [5.74, 6) is -3.29. The SMILES string of the molecule is COC(=O)CCCCCO[C@@H]1O[C@H](COCc2ccc(OC)cc2)[C@@H](O[C@@H]2O[C@H](CO)[C@H](OC(=O)CCC(C)=O)[C@H](O[C@@H]3O[C@@H](C)[C@@H](OCc4ccccc4)[C@@H](OCc4ccccc4)[C@@H]3OCc3ccccc3)[C@H]2OC(=O)c2ccccc2)[C@H](OCc2ccccc2)[C@H]1N1C(=O)c2ccccc2C1=O. The van der Waals surface area contributed by atoms with E-state index in [4.69, 9.17) is 71.1 Å². The minimum atomic E-state index is -1.91. The first kappa shape index (κ1) is 76.2. The highest BCUT2D eigenvalue weighted by molar-refractivity contribution is 6.21. The van der Waals surface area contributed by atoms with Gasteiger partial charge < -0.3 is 81.0 Å². The zero-order valence-corrected chi connectivity index (χ0v) is 58.6. The number of nitrogens with zero attached hydrogens (tertiary/aromatic N) is 1. The van der Waals surface area contributed by atoms with Crippen molar-refractivity contribution >= 4 is 35.5 Å². The standard InChI is InChI=1S/C81H89NO22/c1-52(84)38-43-66(86)101-69-63(45-83)99-81(75(102-78(89)59-33-19-9-20-34-59)73(69)104-80-74(97-50-57-31-17-8-18-32-57)72(96-49-56-29-15-7-16-30-56)68(53(2)98-80)94-47-54-25-11-5-12-26-54)103-70-64(51-92-46-58-39-41-60(90-3)42-40-58)100-79(93-44-24-10-21-37-65(85)91-4)67(71(70)95-48-55-27-13-6-14-28-55)82-76(87)61-35-22-23-36-62(61)77(82)88/h5-9,11-20,22-23,25-36,39-42,53,63-64,67-75,79-81,83H,10,21,24,37-38,43-51H2,1-4H3/t53-,63+,64+,67+,68+,69-,70+,71+,72+,73-,74-,75+,79+,80-,81-/m0/s1. The zero-order valence-electron chi connectivity index (χ0n) is 58.6. The second-order valence-electron chi connectivity index (χ2n) is 25.8. The summed E-state index contributed by atoms with van der Waals surface area (Å²) >= 11 is 0. The Kier molecular flexibility index (Phi) is 28.0. The molecule has 7 aromatic rings. The number of esters is 3. The molecule has 104 heavy (non-hydrogen) atoms. The Morgan fingerprint density at radius 2 is 0.942 bits per heavy atom. The largest absolute Gasteiger partial charge is 0.497 e. The zero-order chi connectivity index (χ0) is 72.7. The summed E-state index contributed by atoms with van der Waals surface area (Å²) in [5.41, 5.74) is 4.15. The van der Waals surface area contributed by atoms with Crippen LogP contribution < -0.4 is 4.74 Å². The summed E-state index contributed by atoms with van der Waals surface area (Å²) < 4.78 is 101. The van der Waals surface area contributed by atoms with Crippen molar-refractivity contribution in [1.29, 1.82) is 0 Å². The molecule has 11 rings (SSSR count). The Morgan fingerprint density at radius 1 is 0.442 bits per heavy atom. The summed E-state index contributed by atoms with van der Waals surface area (Å²) in [6, 6.07) is 57.8. The Bertz CT molecular complexity index is 3820. The number of ketones is 1. The average Bonchev–Trinajstić information content (AvgIpc) is 1.27. The molecule has 15 atom stereocenters. The number of amides is 2. The Labute approximate surface area is 604 Å². The van der Waals surface area contributed by atoms with Gasteiger partial charge in [0.15, 0.2) is 31.1 Å². The van der Waals surface area contributed by atoms with Crippen LogP contribution in [-0.4, -0.2) is 172 Å². The van der Waals surface area contributed by atoms with Crippen LogP contribution in [-0.2, 0) is 114 Å². The minimum Gasteiger partial charge on any atom is -0.497 e. The molecule has 0 saturated carbocycles. The van der Waals surface area contributed by atoms with Crippen molar-refractivity contribution in [2.24, 2.45) is 0 Å². The van der Waals surface area contributed by atoms with Crippen LogP contribution in [0.2, 0.25) is 0 Å². The first-order valence-electron chi connectivity index (χ1n) is 35.1. The van der Waals surface area contributed by atoms with Gasteiger partial charge in [0.1, 0.15) is 66.4 Å². The number of methoxy groups -OCH3 is 2. The van der Waals surface area contributed by atoms with Gasteiger partial charge in [-0.1, -0.05) is 170 Å². The number of ether oxygens (including phenoxy) is 15. The van der Waals surface area contributed by atoms with Crippen LogP contribution in [0.4, 0.5) is 0 Å². The predicted molar refractivity (Wildman–Crippen MR) is 374 cm³/mol. The summed E-state index contributed by atoms with van der Waals surface area (Å²) in [7, 11) is 2.88. The molecule has 0 aromatic heterocycles. The lowest BCUT2D eigenvalue weighted by Gasteiger charge is -2.52. The highest BCUT2D eigenvalue weighted by atomic mass is 16.8. The molecule has 550 valence electrons. The molecular formula is C81H89NO22. The lowest BCUT2D eigenvalue weighted by atomic mass is 9.93. The third-order valence-corrected chi connectivity index (χ3v) is 18.4. The normalized spacial score (nSPS) is 25.2. The second-order valence-corrected chi connectivity index (χ2v) is 25.8. The average molecular weight is 1430 g/mol. The van der Waals surface area contributed by atoms with Gasteiger partial charge >= 0.3 is 17.9 Å². The maximum absolute atomic E-state index is 15.2. The number of hydrogen-bond acceptors (Lipinski definition) is 22. The van der Waals surface area contributed by atoms with Crippen molar-refractivity contribution in [2.75, 3.05) is 34.0 Å². The number of hydrogen-bond donors (Lipinski definition) is 1. The van der Waals surface area contributed by atoms with Crippen LogP contribution in [0.1, 0.15) is 111 Å². The summed E-state index contributed by atoms with van der Waals surface area (Å²) in [4.78, 5) is 85.8. The smallest absolute Gasteiger partial charge is 0.338 e. The minimum absolute atomic E-state index is 0.00476. The molecule has 23 nitrogen and oxygen atoms in total. The molecule has 1 N–H and O–H groups in total. The molecule has 4 aliphatic rings. The van der Waals surface area contributed by atoms with E-state index in [1.54, 1.807) is 68.6 Å². The first-order valence-corrected chi connectivity index (χ1v) is 35.1. The lowest BCUT2D eigenvalue weighted by Crippen LogP contribution is -2.70.